The molecule has 6 heteroatoms. The van der Waals surface area contributed by atoms with Crippen molar-refractivity contribution in [3.8, 4) is 0 Å². The van der Waals surface area contributed by atoms with Crippen LogP contribution in [0.5, 0.6) is 0 Å². The molecule has 0 aliphatic heterocycles. The molecule has 0 aromatic heterocycles. The Hall–Kier alpha value is -1.40. The molecule has 8 atom stereocenters. The highest BCUT2D eigenvalue weighted by molar-refractivity contribution is 5.81. The lowest BCUT2D eigenvalue weighted by molar-refractivity contribution is -0.152. The molecule has 4 aliphatic rings. The van der Waals surface area contributed by atoms with Gasteiger partial charge in [0, 0.05) is 26.0 Å². The monoisotopic (exact) mass is 672 g/mol. The van der Waals surface area contributed by atoms with Crippen molar-refractivity contribution in [1.29, 1.82) is 0 Å². The van der Waals surface area contributed by atoms with Crippen LogP contribution in [0.1, 0.15) is 159 Å². The summed E-state index contributed by atoms with van der Waals surface area (Å²) in [4.78, 5) is 25.2. The first-order chi connectivity index (χ1) is 22.4. The number of rotatable bonds is 16. The Kier molecular flexibility index (Phi) is 13.4. The molecule has 2 unspecified atom stereocenters. The fraction of sp³-hybridized carbons (Fsp3) is 0.905. The van der Waals surface area contributed by atoms with Crippen molar-refractivity contribution in [3.63, 3.8) is 0 Å². The Morgan fingerprint density at radius 2 is 1.67 bits per heavy atom. The number of nitrogens with one attached hydrogen (secondary N) is 1. The van der Waals surface area contributed by atoms with Gasteiger partial charge < -0.3 is 19.5 Å². The van der Waals surface area contributed by atoms with Gasteiger partial charge in [-0.2, -0.15) is 0 Å². The van der Waals surface area contributed by atoms with E-state index in [4.69, 9.17) is 14.2 Å². The zero-order valence-electron chi connectivity index (χ0n) is 32.7. The highest BCUT2D eigenvalue weighted by Gasteiger charge is 2.59. The molecule has 0 heterocycles. The van der Waals surface area contributed by atoms with Crippen molar-refractivity contribution < 1.29 is 23.8 Å². The lowest BCUT2D eigenvalue weighted by Gasteiger charge is -2.58. The minimum Gasteiger partial charge on any atom is -0.462 e. The maximum absolute atomic E-state index is 12.8. The third kappa shape index (κ3) is 10.1. The van der Waals surface area contributed by atoms with Gasteiger partial charge in [0.1, 0.15) is 6.10 Å². The second kappa shape index (κ2) is 16.3. The second-order valence-corrected chi connectivity index (χ2v) is 18.9. The van der Waals surface area contributed by atoms with Crippen LogP contribution in [-0.2, 0) is 23.8 Å². The van der Waals surface area contributed by atoms with Gasteiger partial charge in [-0.15, -0.1) is 0 Å². The molecule has 3 saturated carbocycles. The van der Waals surface area contributed by atoms with E-state index in [2.05, 4.69) is 46.0 Å². The largest absolute Gasteiger partial charge is 0.462 e. The molecule has 1 amide bonds. The molecule has 4 rings (SSSR count). The molecule has 276 valence electrons. The first-order valence-electron chi connectivity index (χ1n) is 19.9. The Balaban J connectivity index is 1.18. The van der Waals surface area contributed by atoms with E-state index in [9.17, 15) is 9.59 Å². The van der Waals surface area contributed by atoms with Gasteiger partial charge in [0.05, 0.1) is 24.2 Å². The highest BCUT2D eigenvalue weighted by atomic mass is 16.6. The van der Waals surface area contributed by atoms with Crippen LogP contribution in [0, 0.1) is 46.3 Å². The van der Waals surface area contributed by atoms with Crippen molar-refractivity contribution >= 4 is 11.9 Å². The quantitative estimate of drug-likeness (QED) is 0.100. The maximum Gasteiger partial charge on any atom is 0.306 e. The van der Waals surface area contributed by atoms with E-state index in [1.54, 1.807) is 5.57 Å². The van der Waals surface area contributed by atoms with Crippen molar-refractivity contribution in [2.75, 3.05) is 19.8 Å². The minimum absolute atomic E-state index is 0.0596. The molecule has 0 aromatic rings. The average Bonchev–Trinajstić information content (AvgIpc) is 3.36. The minimum atomic E-state index is -0.379. The van der Waals surface area contributed by atoms with Gasteiger partial charge in [0.25, 0.3) is 0 Å². The van der Waals surface area contributed by atoms with E-state index in [1.807, 2.05) is 34.6 Å². The number of carbonyl (C=O) groups is 2. The van der Waals surface area contributed by atoms with Crippen LogP contribution in [0.4, 0.5) is 0 Å². The van der Waals surface area contributed by atoms with Gasteiger partial charge in [-0.05, 0) is 132 Å². The zero-order valence-corrected chi connectivity index (χ0v) is 32.7. The number of ether oxygens (including phenoxy) is 3. The molecule has 0 bridgehead atoms. The van der Waals surface area contributed by atoms with E-state index >= 15 is 0 Å². The standard InChI is InChI=1S/C42H73NO5/c1-29(2)13-11-14-30(3)34-17-18-35-33-16-15-31-27-32(21-23-41(31,9)36(33)22-24-42(34,35)10)48-38(45)20-19-37(44)43-25-12-26-46-40(7,8)28-47-39(4,5)6/h15,29-30,32-36H,11-14,16-28H2,1-10H3,(H,43,44)/t30?,32-,33-,34?,35-,36-,41-,42+/m0/s1. The Bertz CT molecular complexity index is 1110. The predicted octanol–water partition coefficient (Wildman–Crippen LogP) is 9.84. The number of carbonyl (C=O) groups excluding carboxylic acids is 2. The summed E-state index contributed by atoms with van der Waals surface area (Å²) in [6.45, 7) is 24.2. The van der Waals surface area contributed by atoms with E-state index < -0.39 is 0 Å². The number of hydrogen-bond donors (Lipinski definition) is 1. The molecular formula is C42H73NO5. The number of allylic oxidation sites excluding steroid dienone is 1. The number of fused-ring (bicyclic) bond motifs is 5. The molecule has 0 saturated heterocycles. The molecule has 4 aliphatic carbocycles. The zero-order chi connectivity index (χ0) is 35.3. The average molecular weight is 672 g/mol. The lowest BCUT2D eigenvalue weighted by atomic mass is 9.47. The van der Waals surface area contributed by atoms with Gasteiger partial charge >= 0.3 is 5.97 Å². The molecule has 48 heavy (non-hydrogen) atoms. The SMILES string of the molecule is CC(C)CCCC(C)C1CC[C@H]2[C@@H]3CC=C4C[C@@H](OC(=O)CCC(=O)NCCCOC(C)(C)COC(C)(C)C)CC[C@]4(C)[C@H]3CC[C@]12C. The summed E-state index contributed by atoms with van der Waals surface area (Å²) in [5.74, 6) is 4.62. The topological polar surface area (TPSA) is 73.9 Å². The van der Waals surface area contributed by atoms with E-state index in [1.165, 1.54) is 51.4 Å². The van der Waals surface area contributed by atoms with Crippen molar-refractivity contribution in [2.45, 2.75) is 176 Å². The smallest absolute Gasteiger partial charge is 0.306 e. The molecular weight excluding hydrogens is 598 g/mol. The Morgan fingerprint density at radius 1 is 0.917 bits per heavy atom. The fourth-order valence-electron chi connectivity index (χ4n) is 10.4. The van der Waals surface area contributed by atoms with Crippen molar-refractivity contribution in [1.82, 2.24) is 5.32 Å². The molecule has 3 fully saturated rings. The summed E-state index contributed by atoms with van der Waals surface area (Å²) >= 11 is 0. The van der Waals surface area contributed by atoms with Gasteiger partial charge in [0.15, 0.2) is 0 Å². The van der Waals surface area contributed by atoms with E-state index in [-0.39, 0.29) is 47.4 Å². The predicted molar refractivity (Wildman–Crippen MR) is 196 cm³/mol. The summed E-state index contributed by atoms with van der Waals surface area (Å²) in [6, 6.07) is 0. The molecule has 0 radical (unpaired) electrons. The van der Waals surface area contributed by atoms with Crippen LogP contribution >= 0.6 is 0 Å². The first-order valence-corrected chi connectivity index (χ1v) is 19.9. The van der Waals surface area contributed by atoms with Gasteiger partial charge in [-0.1, -0.05) is 65.5 Å². The Morgan fingerprint density at radius 3 is 2.38 bits per heavy atom. The van der Waals surface area contributed by atoms with E-state index in [0.717, 1.165) is 54.8 Å². The summed E-state index contributed by atoms with van der Waals surface area (Å²) < 4.78 is 17.8. The molecule has 0 spiro atoms. The normalized spacial score (nSPS) is 32.6. The van der Waals surface area contributed by atoms with Gasteiger partial charge in [0.2, 0.25) is 5.91 Å². The second-order valence-electron chi connectivity index (χ2n) is 18.9. The van der Waals surface area contributed by atoms with Crippen LogP contribution in [0.25, 0.3) is 0 Å². The van der Waals surface area contributed by atoms with Crippen molar-refractivity contribution in [3.05, 3.63) is 11.6 Å². The molecule has 1 N–H and O–H groups in total. The number of hydrogen-bond acceptors (Lipinski definition) is 5. The first kappa shape index (κ1) is 39.4. The van der Waals surface area contributed by atoms with E-state index in [0.29, 0.717) is 31.6 Å². The van der Waals surface area contributed by atoms with Crippen LogP contribution in [0.2, 0.25) is 0 Å². The highest BCUT2D eigenvalue weighted by Crippen LogP contribution is 2.67. The third-order valence-electron chi connectivity index (χ3n) is 13.1. The maximum atomic E-state index is 12.8. The van der Waals surface area contributed by atoms with Crippen molar-refractivity contribution in [2.24, 2.45) is 46.3 Å². The number of esters is 1. The summed E-state index contributed by atoms with van der Waals surface area (Å²) in [6.07, 6.45) is 17.4. The summed E-state index contributed by atoms with van der Waals surface area (Å²) in [5, 5.41) is 2.93. The summed E-state index contributed by atoms with van der Waals surface area (Å²) in [5.41, 5.74) is 1.71. The van der Waals surface area contributed by atoms with Gasteiger partial charge in [-0.25, -0.2) is 0 Å². The third-order valence-corrected chi connectivity index (χ3v) is 13.1. The molecule has 0 aromatic carbocycles. The lowest BCUT2D eigenvalue weighted by Crippen LogP contribution is -2.51. The van der Waals surface area contributed by atoms with Crippen LogP contribution in [-0.4, -0.2) is 48.9 Å². The summed E-state index contributed by atoms with van der Waals surface area (Å²) in [7, 11) is 0. The Labute approximate surface area is 294 Å². The fourth-order valence-corrected chi connectivity index (χ4v) is 10.4. The van der Waals surface area contributed by atoms with Crippen LogP contribution in [0.3, 0.4) is 0 Å². The van der Waals surface area contributed by atoms with Crippen LogP contribution in [0.15, 0.2) is 11.6 Å². The van der Waals surface area contributed by atoms with Gasteiger partial charge in [-0.3, -0.25) is 9.59 Å². The van der Waals surface area contributed by atoms with Crippen LogP contribution < -0.4 is 5.32 Å². The number of amides is 1. The molecule has 6 nitrogen and oxygen atoms in total.